The van der Waals surface area contributed by atoms with Crippen LogP contribution in [0.25, 0.3) is 11.5 Å². The van der Waals surface area contributed by atoms with E-state index in [2.05, 4.69) is 15.0 Å². The highest BCUT2D eigenvalue weighted by atomic mass is 19.1. The van der Waals surface area contributed by atoms with Crippen LogP contribution in [0.1, 0.15) is 31.3 Å². The SMILES string of the molecule is CCN(CC)C(=O)C(c1ccc(F)cc1)N1CCN(c2ccc(-c3nc(C)no3)cc2F)CC1. The molecule has 1 fully saturated rings. The molecule has 1 aliphatic rings. The summed E-state index contributed by atoms with van der Waals surface area (Å²) >= 11 is 0. The molecular formula is C25H29F2N5O2. The smallest absolute Gasteiger partial charge is 0.258 e. The largest absolute Gasteiger partial charge is 0.367 e. The third-order valence-electron chi connectivity index (χ3n) is 6.24. The molecule has 1 atom stereocenters. The molecule has 2 heterocycles. The highest BCUT2D eigenvalue weighted by Crippen LogP contribution is 2.29. The molecule has 0 N–H and O–H groups in total. The molecule has 3 aromatic rings. The van der Waals surface area contributed by atoms with Crippen molar-refractivity contribution in [1.82, 2.24) is 19.9 Å². The molecule has 0 aliphatic carbocycles. The quantitative estimate of drug-likeness (QED) is 0.520. The molecule has 34 heavy (non-hydrogen) atoms. The number of rotatable bonds is 7. The van der Waals surface area contributed by atoms with Crippen molar-refractivity contribution < 1.29 is 18.1 Å². The zero-order valence-corrected chi connectivity index (χ0v) is 19.7. The van der Waals surface area contributed by atoms with Crippen molar-refractivity contribution in [2.24, 2.45) is 0 Å². The lowest BCUT2D eigenvalue weighted by Gasteiger charge is -2.41. The van der Waals surface area contributed by atoms with Gasteiger partial charge >= 0.3 is 0 Å². The number of halogens is 2. The zero-order valence-electron chi connectivity index (χ0n) is 19.7. The molecule has 0 bridgehead atoms. The number of benzene rings is 2. The average molecular weight is 470 g/mol. The second-order valence-electron chi connectivity index (χ2n) is 8.30. The van der Waals surface area contributed by atoms with E-state index in [1.807, 2.05) is 18.7 Å². The summed E-state index contributed by atoms with van der Waals surface area (Å²) in [5.74, 6) is 0.0687. The molecule has 2 aromatic carbocycles. The number of hydrogen-bond acceptors (Lipinski definition) is 6. The first kappa shape index (κ1) is 23.8. The Kier molecular flexibility index (Phi) is 7.21. The minimum Gasteiger partial charge on any atom is -0.367 e. The van der Waals surface area contributed by atoms with Gasteiger partial charge in [-0.15, -0.1) is 0 Å². The van der Waals surface area contributed by atoms with Crippen molar-refractivity contribution in [1.29, 1.82) is 0 Å². The summed E-state index contributed by atoms with van der Waals surface area (Å²) in [4.78, 5) is 23.4. The maximum absolute atomic E-state index is 15.0. The number of aromatic nitrogens is 2. The molecule has 9 heteroatoms. The predicted octanol–water partition coefficient (Wildman–Crippen LogP) is 4.05. The molecule has 0 radical (unpaired) electrons. The van der Waals surface area contributed by atoms with Crippen LogP contribution in [0.15, 0.2) is 47.0 Å². The van der Waals surface area contributed by atoms with Crippen LogP contribution in [-0.2, 0) is 4.79 Å². The van der Waals surface area contributed by atoms with E-state index in [4.69, 9.17) is 4.52 Å². The Hall–Kier alpha value is -3.33. The van der Waals surface area contributed by atoms with E-state index in [-0.39, 0.29) is 23.4 Å². The lowest BCUT2D eigenvalue weighted by molar-refractivity contribution is -0.137. The van der Waals surface area contributed by atoms with Crippen molar-refractivity contribution >= 4 is 11.6 Å². The summed E-state index contributed by atoms with van der Waals surface area (Å²) in [7, 11) is 0. The lowest BCUT2D eigenvalue weighted by atomic mass is 10.0. The summed E-state index contributed by atoms with van der Waals surface area (Å²) in [6, 6.07) is 10.5. The van der Waals surface area contributed by atoms with E-state index >= 15 is 0 Å². The number of anilines is 1. The fourth-order valence-corrected chi connectivity index (χ4v) is 4.39. The highest BCUT2D eigenvalue weighted by Gasteiger charge is 2.33. The van der Waals surface area contributed by atoms with Gasteiger partial charge in [0.1, 0.15) is 17.7 Å². The van der Waals surface area contributed by atoms with Gasteiger partial charge in [-0.25, -0.2) is 8.78 Å². The minimum absolute atomic E-state index is 0.00422. The molecular weight excluding hydrogens is 440 g/mol. The Labute approximate surface area is 198 Å². The van der Waals surface area contributed by atoms with Crippen LogP contribution in [0.3, 0.4) is 0 Å². The second kappa shape index (κ2) is 10.3. The number of amides is 1. The summed E-state index contributed by atoms with van der Waals surface area (Å²) in [5.41, 5.74) is 1.78. The number of nitrogens with zero attached hydrogens (tertiary/aromatic N) is 5. The molecule has 1 amide bonds. The Bertz CT molecular complexity index is 1120. The number of piperazine rings is 1. The van der Waals surface area contributed by atoms with Crippen molar-refractivity contribution in [2.75, 3.05) is 44.2 Å². The van der Waals surface area contributed by atoms with Gasteiger partial charge in [-0.3, -0.25) is 9.69 Å². The fourth-order valence-electron chi connectivity index (χ4n) is 4.39. The maximum atomic E-state index is 15.0. The minimum atomic E-state index is -0.504. The Morgan fingerprint density at radius 2 is 1.74 bits per heavy atom. The van der Waals surface area contributed by atoms with Crippen molar-refractivity contribution in [2.45, 2.75) is 26.8 Å². The van der Waals surface area contributed by atoms with Crippen LogP contribution in [0, 0.1) is 18.6 Å². The van der Waals surface area contributed by atoms with Crippen LogP contribution >= 0.6 is 0 Å². The third-order valence-corrected chi connectivity index (χ3v) is 6.24. The van der Waals surface area contributed by atoms with Gasteiger partial charge in [0.05, 0.1) is 5.69 Å². The van der Waals surface area contributed by atoms with E-state index in [1.54, 1.807) is 36.1 Å². The van der Waals surface area contributed by atoms with Crippen LogP contribution < -0.4 is 4.90 Å². The van der Waals surface area contributed by atoms with E-state index in [1.165, 1.54) is 18.2 Å². The molecule has 1 aromatic heterocycles. The maximum Gasteiger partial charge on any atom is 0.258 e. The van der Waals surface area contributed by atoms with Crippen molar-refractivity contribution in [3.05, 3.63) is 65.5 Å². The summed E-state index contributed by atoms with van der Waals surface area (Å²) in [6.07, 6.45) is 0. The van der Waals surface area contributed by atoms with Gasteiger partial charge in [-0.1, -0.05) is 17.3 Å². The summed E-state index contributed by atoms with van der Waals surface area (Å²) < 4.78 is 33.6. The van der Waals surface area contributed by atoms with Gasteiger partial charge in [0.25, 0.3) is 5.89 Å². The Morgan fingerprint density at radius 3 is 2.29 bits per heavy atom. The van der Waals surface area contributed by atoms with E-state index < -0.39 is 6.04 Å². The Morgan fingerprint density at radius 1 is 1.06 bits per heavy atom. The van der Waals surface area contributed by atoms with E-state index in [9.17, 15) is 13.6 Å². The van der Waals surface area contributed by atoms with Crippen LogP contribution in [0.4, 0.5) is 14.5 Å². The molecule has 1 aliphatic heterocycles. The Balaban J connectivity index is 1.51. The van der Waals surface area contributed by atoms with Gasteiger partial charge in [-0.05, 0) is 56.7 Å². The van der Waals surface area contributed by atoms with E-state index in [0.29, 0.717) is 56.3 Å². The number of aryl methyl sites for hydroxylation is 1. The first-order valence-electron chi connectivity index (χ1n) is 11.5. The molecule has 1 saturated heterocycles. The standard InChI is InChI=1S/C25H29F2N5O2/c1-4-30(5-2)25(33)23(18-6-9-20(26)10-7-18)32-14-12-31(13-15-32)22-11-8-19(16-21(22)27)24-28-17(3)29-34-24/h6-11,16,23H,4-5,12-15H2,1-3H3. The van der Waals surface area contributed by atoms with Gasteiger partial charge in [0.2, 0.25) is 5.91 Å². The second-order valence-corrected chi connectivity index (χ2v) is 8.30. The fraction of sp³-hybridized carbons (Fsp3) is 0.400. The molecule has 4 rings (SSSR count). The van der Waals surface area contributed by atoms with Gasteiger partial charge in [0, 0.05) is 44.8 Å². The molecule has 7 nitrogen and oxygen atoms in total. The van der Waals surface area contributed by atoms with E-state index in [0.717, 1.165) is 5.56 Å². The molecule has 180 valence electrons. The van der Waals surface area contributed by atoms with Crippen LogP contribution in [0.2, 0.25) is 0 Å². The first-order valence-corrected chi connectivity index (χ1v) is 11.5. The molecule has 1 unspecified atom stereocenters. The predicted molar refractivity (Wildman–Crippen MR) is 125 cm³/mol. The number of likely N-dealkylation sites (N-methyl/N-ethyl adjacent to an activating group) is 1. The van der Waals surface area contributed by atoms with Gasteiger partial charge in [-0.2, -0.15) is 4.98 Å². The summed E-state index contributed by atoms with van der Waals surface area (Å²) in [5, 5.41) is 3.75. The lowest BCUT2D eigenvalue weighted by Crippen LogP contribution is -2.52. The highest BCUT2D eigenvalue weighted by molar-refractivity contribution is 5.83. The van der Waals surface area contributed by atoms with Crippen molar-refractivity contribution in [3.63, 3.8) is 0 Å². The van der Waals surface area contributed by atoms with Gasteiger partial charge < -0.3 is 14.3 Å². The number of hydrogen-bond donors (Lipinski definition) is 0. The number of carbonyl (C=O) groups is 1. The monoisotopic (exact) mass is 469 g/mol. The third kappa shape index (κ3) is 4.94. The van der Waals surface area contributed by atoms with Gasteiger partial charge in [0.15, 0.2) is 5.82 Å². The van der Waals surface area contributed by atoms with Crippen LogP contribution in [0.5, 0.6) is 0 Å². The summed E-state index contributed by atoms with van der Waals surface area (Å²) in [6.45, 7) is 9.05. The topological polar surface area (TPSA) is 65.7 Å². The van der Waals surface area contributed by atoms with Crippen molar-refractivity contribution in [3.8, 4) is 11.5 Å². The zero-order chi connectivity index (χ0) is 24.2. The molecule has 0 spiro atoms. The number of carbonyl (C=O) groups excluding carboxylic acids is 1. The molecule has 0 saturated carbocycles. The average Bonchev–Trinajstić information content (AvgIpc) is 3.28. The van der Waals surface area contributed by atoms with Crippen LogP contribution in [-0.4, -0.2) is 65.1 Å². The first-order chi connectivity index (χ1) is 16.4. The normalized spacial score (nSPS) is 15.4.